The predicted molar refractivity (Wildman–Crippen MR) is 84.6 cm³/mol. The molecule has 0 spiro atoms. The summed E-state index contributed by atoms with van der Waals surface area (Å²) in [6.07, 6.45) is 1.44. The molecule has 0 aliphatic rings. The van der Waals surface area contributed by atoms with E-state index in [0.29, 0.717) is 15.7 Å². The van der Waals surface area contributed by atoms with Gasteiger partial charge in [-0.1, -0.05) is 34.8 Å². The van der Waals surface area contributed by atoms with Crippen molar-refractivity contribution in [1.29, 1.82) is 0 Å². The Morgan fingerprint density at radius 3 is 2.68 bits per heavy atom. The number of aromatic nitrogens is 1. The number of hydrogen-bond donors (Lipinski definition) is 1. The Labute approximate surface area is 141 Å². The van der Waals surface area contributed by atoms with Crippen LogP contribution < -0.4 is 5.32 Å². The fourth-order valence-electron chi connectivity index (χ4n) is 1.53. The van der Waals surface area contributed by atoms with Crippen LogP contribution in [-0.4, -0.2) is 23.5 Å². The summed E-state index contributed by atoms with van der Waals surface area (Å²) in [5, 5.41) is 3.23. The van der Waals surface area contributed by atoms with Crippen LogP contribution >= 0.6 is 34.8 Å². The quantitative estimate of drug-likeness (QED) is 0.665. The Balaban J connectivity index is 1.94. The summed E-state index contributed by atoms with van der Waals surface area (Å²) >= 11 is 17.5. The minimum atomic E-state index is -0.745. The molecule has 8 heteroatoms. The van der Waals surface area contributed by atoms with E-state index in [1.807, 2.05) is 0 Å². The Bertz CT molecular complexity index is 722. The molecule has 22 heavy (non-hydrogen) atoms. The third-order valence-electron chi connectivity index (χ3n) is 2.52. The highest BCUT2D eigenvalue weighted by molar-refractivity contribution is 6.35. The number of nitrogens with one attached hydrogen (secondary N) is 1. The van der Waals surface area contributed by atoms with E-state index in [1.165, 1.54) is 24.4 Å². The van der Waals surface area contributed by atoms with Crippen LogP contribution in [0.3, 0.4) is 0 Å². The predicted octanol–water partition coefficient (Wildman–Crippen LogP) is 3.84. The van der Waals surface area contributed by atoms with Gasteiger partial charge in [0.25, 0.3) is 5.91 Å². The van der Waals surface area contributed by atoms with Gasteiger partial charge < -0.3 is 10.1 Å². The first kappa shape index (κ1) is 16.5. The number of nitrogens with zero attached hydrogens (tertiary/aromatic N) is 1. The normalized spacial score (nSPS) is 10.1. The first-order valence-electron chi connectivity index (χ1n) is 6.00. The maximum atomic E-state index is 11.8. The second kappa shape index (κ2) is 7.45. The molecule has 2 aromatic rings. The Kier molecular flexibility index (Phi) is 5.60. The van der Waals surface area contributed by atoms with Gasteiger partial charge in [-0.2, -0.15) is 0 Å². The Morgan fingerprint density at radius 2 is 1.95 bits per heavy atom. The molecular formula is C14H9Cl3N2O3. The van der Waals surface area contributed by atoms with Crippen molar-refractivity contribution in [2.24, 2.45) is 0 Å². The fraction of sp³-hybridized carbons (Fsp3) is 0.0714. The third-order valence-corrected chi connectivity index (χ3v) is 3.38. The van der Waals surface area contributed by atoms with E-state index in [0.717, 1.165) is 0 Å². The number of carbonyl (C=O) groups is 2. The number of hydrogen-bond acceptors (Lipinski definition) is 4. The molecule has 114 valence electrons. The number of benzene rings is 1. The van der Waals surface area contributed by atoms with Gasteiger partial charge in [0.2, 0.25) is 0 Å². The molecular weight excluding hydrogens is 351 g/mol. The molecule has 1 heterocycles. The van der Waals surface area contributed by atoms with Gasteiger partial charge in [-0.15, -0.1) is 0 Å². The van der Waals surface area contributed by atoms with Crippen molar-refractivity contribution in [3.63, 3.8) is 0 Å². The molecule has 1 aromatic carbocycles. The Morgan fingerprint density at radius 1 is 1.18 bits per heavy atom. The topological polar surface area (TPSA) is 68.3 Å². The molecule has 0 unspecified atom stereocenters. The van der Waals surface area contributed by atoms with E-state index in [4.69, 9.17) is 39.5 Å². The molecule has 0 saturated carbocycles. The molecule has 0 fully saturated rings. The van der Waals surface area contributed by atoms with Gasteiger partial charge >= 0.3 is 5.97 Å². The lowest BCUT2D eigenvalue weighted by Gasteiger charge is -2.08. The summed E-state index contributed by atoms with van der Waals surface area (Å²) in [5.74, 6) is -1.30. The zero-order valence-electron chi connectivity index (χ0n) is 11.0. The average Bonchev–Trinajstić information content (AvgIpc) is 2.49. The summed E-state index contributed by atoms with van der Waals surface area (Å²) < 4.78 is 4.86. The molecule has 0 saturated heterocycles. The lowest BCUT2D eigenvalue weighted by atomic mass is 10.3. The van der Waals surface area contributed by atoms with Gasteiger partial charge in [-0.3, -0.25) is 4.79 Å². The van der Waals surface area contributed by atoms with Crippen LogP contribution in [0.15, 0.2) is 36.5 Å². The van der Waals surface area contributed by atoms with Crippen molar-refractivity contribution < 1.29 is 14.3 Å². The number of rotatable bonds is 4. The van der Waals surface area contributed by atoms with Crippen molar-refractivity contribution >= 4 is 52.4 Å². The summed E-state index contributed by atoms with van der Waals surface area (Å²) in [7, 11) is 0. The van der Waals surface area contributed by atoms with Crippen molar-refractivity contribution in [2.45, 2.75) is 0 Å². The average molecular weight is 360 g/mol. The van der Waals surface area contributed by atoms with Crippen molar-refractivity contribution in [3.8, 4) is 0 Å². The fourth-order valence-corrected chi connectivity index (χ4v) is 2.06. The molecule has 0 aliphatic carbocycles. The zero-order chi connectivity index (χ0) is 16.1. The van der Waals surface area contributed by atoms with E-state index in [-0.39, 0.29) is 10.7 Å². The molecule has 1 N–H and O–H groups in total. The van der Waals surface area contributed by atoms with Gasteiger partial charge in [0.05, 0.1) is 16.3 Å². The van der Waals surface area contributed by atoms with E-state index in [1.54, 1.807) is 12.1 Å². The first-order valence-corrected chi connectivity index (χ1v) is 7.13. The molecule has 0 atom stereocenters. The van der Waals surface area contributed by atoms with E-state index >= 15 is 0 Å². The summed E-state index contributed by atoms with van der Waals surface area (Å²) in [4.78, 5) is 27.3. The molecule has 0 aliphatic heterocycles. The van der Waals surface area contributed by atoms with Crippen LogP contribution in [0.5, 0.6) is 0 Å². The highest BCUT2D eigenvalue weighted by Gasteiger charge is 2.14. The lowest BCUT2D eigenvalue weighted by Crippen LogP contribution is -2.21. The molecule has 0 radical (unpaired) electrons. The third kappa shape index (κ3) is 4.34. The number of amides is 1. The van der Waals surface area contributed by atoms with Crippen molar-refractivity contribution in [1.82, 2.24) is 4.98 Å². The van der Waals surface area contributed by atoms with Crippen LogP contribution in [0.4, 0.5) is 5.69 Å². The largest absolute Gasteiger partial charge is 0.452 e. The number of anilines is 1. The van der Waals surface area contributed by atoms with Crippen LogP contribution in [0.25, 0.3) is 0 Å². The van der Waals surface area contributed by atoms with E-state index in [2.05, 4.69) is 10.3 Å². The van der Waals surface area contributed by atoms with Crippen LogP contribution in [-0.2, 0) is 9.53 Å². The van der Waals surface area contributed by atoms with Gasteiger partial charge in [-0.25, -0.2) is 9.78 Å². The van der Waals surface area contributed by atoms with Gasteiger partial charge in [-0.05, 0) is 30.3 Å². The molecule has 1 aromatic heterocycles. The summed E-state index contributed by atoms with van der Waals surface area (Å²) in [6, 6.07) is 7.60. The second-order valence-corrected chi connectivity index (χ2v) is 5.29. The zero-order valence-corrected chi connectivity index (χ0v) is 13.2. The minimum Gasteiger partial charge on any atom is -0.452 e. The van der Waals surface area contributed by atoms with Gasteiger partial charge in [0.15, 0.2) is 6.61 Å². The summed E-state index contributed by atoms with van der Waals surface area (Å²) in [5.41, 5.74) is 0.410. The lowest BCUT2D eigenvalue weighted by molar-refractivity contribution is -0.119. The van der Waals surface area contributed by atoms with E-state index in [9.17, 15) is 9.59 Å². The standard InChI is InChI=1S/C14H9Cl3N2O3/c15-8-3-4-10(16)11(6-8)19-12(20)7-22-14(21)9-2-1-5-18-13(9)17/h1-6H,7H2,(H,19,20). The number of halogens is 3. The monoisotopic (exact) mass is 358 g/mol. The van der Waals surface area contributed by atoms with Crippen LogP contribution in [0.2, 0.25) is 15.2 Å². The molecule has 0 bridgehead atoms. The van der Waals surface area contributed by atoms with E-state index < -0.39 is 18.5 Å². The number of esters is 1. The van der Waals surface area contributed by atoms with Crippen LogP contribution in [0.1, 0.15) is 10.4 Å². The second-order valence-electron chi connectivity index (χ2n) is 4.09. The number of carbonyl (C=O) groups excluding carboxylic acids is 2. The van der Waals surface area contributed by atoms with Crippen LogP contribution in [0, 0.1) is 0 Å². The minimum absolute atomic E-state index is 0.00536. The highest BCUT2D eigenvalue weighted by Crippen LogP contribution is 2.25. The smallest absolute Gasteiger partial charge is 0.341 e. The summed E-state index contributed by atoms with van der Waals surface area (Å²) in [6.45, 7) is -0.493. The highest BCUT2D eigenvalue weighted by atomic mass is 35.5. The van der Waals surface area contributed by atoms with Crippen molar-refractivity contribution in [3.05, 3.63) is 57.3 Å². The maximum Gasteiger partial charge on any atom is 0.341 e. The molecule has 2 rings (SSSR count). The SMILES string of the molecule is O=C(COC(=O)c1cccnc1Cl)Nc1cc(Cl)ccc1Cl. The van der Waals surface area contributed by atoms with Crippen molar-refractivity contribution in [2.75, 3.05) is 11.9 Å². The molecule has 1 amide bonds. The molecule has 5 nitrogen and oxygen atoms in total. The maximum absolute atomic E-state index is 11.8. The van der Waals surface area contributed by atoms with Gasteiger partial charge in [0.1, 0.15) is 5.15 Å². The number of ether oxygens (including phenoxy) is 1. The van der Waals surface area contributed by atoms with Gasteiger partial charge in [0, 0.05) is 11.2 Å². The first-order chi connectivity index (χ1) is 10.5. The Hall–Kier alpha value is -1.82. The number of pyridine rings is 1.